The van der Waals surface area contributed by atoms with E-state index in [1.807, 2.05) is 50.2 Å². The van der Waals surface area contributed by atoms with Crippen LogP contribution in [0.5, 0.6) is 5.75 Å². The second-order valence-electron chi connectivity index (χ2n) is 5.34. The number of hydrogen-bond acceptors (Lipinski definition) is 2. The van der Waals surface area contributed by atoms with Gasteiger partial charge in [-0.3, -0.25) is 4.79 Å². The Morgan fingerprint density at radius 1 is 1.23 bits per heavy atom. The first kappa shape index (κ1) is 16.4. The molecule has 3 nitrogen and oxygen atoms in total. The second kappa shape index (κ2) is 7.32. The Bertz CT molecular complexity index is 670. The fourth-order valence-electron chi connectivity index (χ4n) is 2.05. The number of hydrogen-bond donors (Lipinski definition) is 1. The van der Waals surface area contributed by atoms with Crippen LogP contribution in [0.1, 0.15) is 23.6 Å². The quantitative estimate of drug-likeness (QED) is 0.903. The van der Waals surface area contributed by atoms with Gasteiger partial charge in [-0.1, -0.05) is 41.9 Å². The van der Waals surface area contributed by atoms with Crippen molar-refractivity contribution < 1.29 is 9.53 Å². The molecular formula is C18H20ClNO2. The molecule has 0 aliphatic heterocycles. The minimum Gasteiger partial charge on any atom is -0.481 e. The molecule has 4 heteroatoms. The summed E-state index contributed by atoms with van der Waals surface area (Å²) < 4.78 is 5.76. The molecule has 0 spiro atoms. The second-order valence-corrected chi connectivity index (χ2v) is 5.75. The van der Waals surface area contributed by atoms with E-state index in [-0.39, 0.29) is 5.91 Å². The maximum Gasteiger partial charge on any atom is 0.261 e. The Morgan fingerprint density at radius 3 is 2.68 bits per heavy atom. The van der Waals surface area contributed by atoms with Crippen LogP contribution in [-0.2, 0) is 11.3 Å². The van der Waals surface area contributed by atoms with Gasteiger partial charge in [0.25, 0.3) is 5.91 Å². The van der Waals surface area contributed by atoms with Crippen molar-refractivity contribution in [3.05, 3.63) is 64.2 Å². The van der Waals surface area contributed by atoms with Crippen LogP contribution >= 0.6 is 11.6 Å². The number of carbonyl (C=O) groups is 1. The zero-order valence-electron chi connectivity index (χ0n) is 13.0. The molecule has 0 bridgehead atoms. The summed E-state index contributed by atoms with van der Waals surface area (Å²) in [6, 6.07) is 13.4. The van der Waals surface area contributed by atoms with Gasteiger partial charge >= 0.3 is 0 Å². The van der Waals surface area contributed by atoms with Crippen LogP contribution in [0.15, 0.2) is 42.5 Å². The van der Waals surface area contributed by atoms with Gasteiger partial charge in [0.2, 0.25) is 0 Å². The lowest BCUT2D eigenvalue weighted by molar-refractivity contribution is -0.127. The van der Waals surface area contributed by atoms with Crippen molar-refractivity contribution >= 4 is 17.5 Å². The zero-order valence-corrected chi connectivity index (χ0v) is 13.8. The van der Waals surface area contributed by atoms with Crippen molar-refractivity contribution in [2.45, 2.75) is 33.4 Å². The van der Waals surface area contributed by atoms with Crippen LogP contribution in [0, 0.1) is 13.8 Å². The molecule has 1 unspecified atom stereocenters. The van der Waals surface area contributed by atoms with Gasteiger partial charge in [0.05, 0.1) is 0 Å². The smallest absolute Gasteiger partial charge is 0.261 e. The highest BCUT2D eigenvalue weighted by molar-refractivity contribution is 6.31. The van der Waals surface area contributed by atoms with Gasteiger partial charge < -0.3 is 10.1 Å². The number of aryl methyl sites for hydroxylation is 2. The summed E-state index contributed by atoms with van der Waals surface area (Å²) in [4.78, 5) is 12.1. The normalized spacial score (nSPS) is 11.8. The molecule has 0 aromatic heterocycles. The first-order chi connectivity index (χ1) is 10.5. The molecular weight excluding hydrogens is 298 g/mol. The van der Waals surface area contributed by atoms with Crippen molar-refractivity contribution in [3.63, 3.8) is 0 Å². The van der Waals surface area contributed by atoms with Gasteiger partial charge in [-0.15, -0.1) is 0 Å². The Hall–Kier alpha value is -2.00. The summed E-state index contributed by atoms with van der Waals surface area (Å²) in [5.41, 5.74) is 3.00. The van der Waals surface area contributed by atoms with E-state index in [1.54, 1.807) is 13.0 Å². The highest BCUT2D eigenvalue weighted by Gasteiger charge is 2.15. The lowest BCUT2D eigenvalue weighted by Gasteiger charge is -2.17. The first-order valence-electron chi connectivity index (χ1n) is 7.22. The van der Waals surface area contributed by atoms with Crippen LogP contribution in [-0.4, -0.2) is 12.0 Å². The number of nitrogens with one attached hydrogen (secondary N) is 1. The molecule has 2 rings (SSSR count). The number of rotatable bonds is 5. The lowest BCUT2D eigenvalue weighted by Crippen LogP contribution is -2.36. The molecule has 22 heavy (non-hydrogen) atoms. The van der Waals surface area contributed by atoms with Crippen LogP contribution in [0.25, 0.3) is 0 Å². The molecule has 116 valence electrons. The van der Waals surface area contributed by atoms with Crippen molar-refractivity contribution in [1.29, 1.82) is 0 Å². The zero-order chi connectivity index (χ0) is 16.1. The fraction of sp³-hybridized carbons (Fsp3) is 0.278. The molecule has 0 aliphatic carbocycles. The highest BCUT2D eigenvalue weighted by Crippen LogP contribution is 2.20. The molecule has 1 amide bonds. The van der Waals surface area contributed by atoms with E-state index in [4.69, 9.17) is 16.3 Å². The maximum absolute atomic E-state index is 12.1. The Kier molecular flexibility index (Phi) is 5.45. The molecule has 0 saturated heterocycles. The topological polar surface area (TPSA) is 38.3 Å². The molecule has 2 aromatic rings. The number of ether oxygens (including phenoxy) is 1. The van der Waals surface area contributed by atoms with E-state index in [1.165, 1.54) is 0 Å². The van der Waals surface area contributed by atoms with E-state index in [9.17, 15) is 4.79 Å². The van der Waals surface area contributed by atoms with Crippen LogP contribution in [0.3, 0.4) is 0 Å². The Labute approximate surface area is 136 Å². The maximum atomic E-state index is 12.1. The molecule has 0 fully saturated rings. The average molecular weight is 318 g/mol. The highest BCUT2D eigenvalue weighted by atomic mass is 35.5. The molecule has 1 atom stereocenters. The third-order valence-electron chi connectivity index (χ3n) is 3.43. The van der Waals surface area contributed by atoms with E-state index >= 15 is 0 Å². The third-order valence-corrected chi connectivity index (χ3v) is 3.80. The molecule has 0 radical (unpaired) electrons. The van der Waals surface area contributed by atoms with E-state index in [2.05, 4.69) is 5.32 Å². The Balaban J connectivity index is 1.95. The molecule has 0 saturated carbocycles. The van der Waals surface area contributed by atoms with Crippen LogP contribution in [0.4, 0.5) is 0 Å². The minimum absolute atomic E-state index is 0.166. The Morgan fingerprint density at radius 2 is 1.95 bits per heavy atom. The van der Waals surface area contributed by atoms with Gasteiger partial charge in [-0.25, -0.2) is 0 Å². The average Bonchev–Trinajstić information content (AvgIpc) is 2.49. The van der Waals surface area contributed by atoms with Gasteiger partial charge in [-0.2, -0.15) is 0 Å². The fourth-order valence-corrected chi connectivity index (χ4v) is 2.25. The SMILES string of the molecule is Cc1ccc(C)c(OC(C)C(=O)NCc2ccccc2Cl)c1. The number of benzene rings is 2. The van der Waals surface area contributed by atoms with Crippen molar-refractivity contribution in [2.24, 2.45) is 0 Å². The predicted octanol–water partition coefficient (Wildman–Crippen LogP) is 4.04. The number of carbonyl (C=O) groups excluding carboxylic acids is 1. The van der Waals surface area contributed by atoms with Crippen molar-refractivity contribution in [2.75, 3.05) is 0 Å². The standard InChI is InChI=1S/C18H20ClNO2/c1-12-8-9-13(2)17(10-12)22-14(3)18(21)20-11-15-6-4-5-7-16(15)19/h4-10,14H,11H2,1-3H3,(H,20,21). The summed E-state index contributed by atoms with van der Waals surface area (Å²) in [7, 11) is 0. The van der Waals surface area contributed by atoms with Gasteiger partial charge in [-0.05, 0) is 49.6 Å². The van der Waals surface area contributed by atoms with Gasteiger partial charge in [0.15, 0.2) is 6.10 Å². The summed E-state index contributed by atoms with van der Waals surface area (Å²) in [6.07, 6.45) is -0.567. The largest absolute Gasteiger partial charge is 0.481 e. The summed E-state index contributed by atoms with van der Waals surface area (Å²) in [5.74, 6) is 0.571. The first-order valence-corrected chi connectivity index (χ1v) is 7.60. The van der Waals surface area contributed by atoms with Crippen LogP contribution in [0.2, 0.25) is 5.02 Å². The molecule has 0 heterocycles. The predicted molar refractivity (Wildman–Crippen MR) is 89.3 cm³/mol. The monoisotopic (exact) mass is 317 g/mol. The molecule has 1 N–H and O–H groups in total. The number of amides is 1. The van der Waals surface area contributed by atoms with Crippen LogP contribution < -0.4 is 10.1 Å². The summed E-state index contributed by atoms with van der Waals surface area (Å²) >= 11 is 6.07. The van der Waals surface area contributed by atoms with E-state index in [0.29, 0.717) is 11.6 Å². The van der Waals surface area contributed by atoms with Gasteiger partial charge in [0, 0.05) is 11.6 Å². The van der Waals surface area contributed by atoms with E-state index in [0.717, 1.165) is 22.4 Å². The summed E-state index contributed by atoms with van der Waals surface area (Å²) in [5, 5.41) is 3.49. The molecule has 0 aliphatic rings. The van der Waals surface area contributed by atoms with E-state index < -0.39 is 6.10 Å². The number of halogens is 1. The minimum atomic E-state index is -0.567. The molecule has 2 aromatic carbocycles. The van der Waals surface area contributed by atoms with Crippen molar-refractivity contribution in [3.8, 4) is 5.75 Å². The van der Waals surface area contributed by atoms with Crippen molar-refractivity contribution in [1.82, 2.24) is 5.32 Å². The third kappa shape index (κ3) is 4.25. The lowest BCUT2D eigenvalue weighted by atomic mass is 10.1. The van der Waals surface area contributed by atoms with Gasteiger partial charge in [0.1, 0.15) is 5.75 Å². The summed E-state index contributed by atoms with van der Waals surface area (Å²) in [6.45, 7) is 6.08.